The molecule has 0 bridgehead atoms. The summed E-state index contributed by atoms with van der Waals surface area (Å²) in [5.41, 5.74) is 7.49. The van der Waals surface area contributed by atoms with Gasteiger partial charge in [-0.05, 0) is 133 Å². The van der Waals surface area contributed by atoms with Crippen LogP contribution in [0.25, 0.3) is 111 Å². The van der Waals surface area contributed by atoms with Crippen molar-refractivity contribution in [3.05, 3.63) is 447 Å². The van der Waals surface area contributed by atoms with Crippen LogP contribution in [0.15, 0.2) is 372 Å². The van der Waals surface area contributed by atoms with Crippen LogP contribution in [0.2, 0.25) is 0 Å². The maximum atomic E-state index is 13.5. The minimum atomic E-state index is -4.19. The summed E-state index contributed by atoms with van der Waals surface area (Å²) in [6.07, 6.45) is 15.3. The third-order valence-electron chi connectivity index (χ3n) is 19.4. The molecule has 0 aliphatic heterocycles. The van der Waals surface area contributed by atoms with Crippen LogP contribution in [0.3, 0.4) is 0 Å². The quantitative estimate of drug-likeness (QED) is 0.0456. The van der Waals surface area contributed by atoms with Crippen LogP contribution in [-0.2, 0) is 151 Å². The van der Waals surface area contributed by atoms with E-state index in [1.165, 1.54) is 61.3 Å². The molecule has 0 spiro atoms. The second kappa shape index (κ2) is 58.3. The molecule has 10 heterocycles. The van der Waals surface area contributed by atoms with Gasteiger partial charge in [-0.2, -0.15) is 42.1 Å². The number of anilines is 1. The van der Waals surface area contributed by atoms with Crippen molar-refractivity contribution in [3.63, 3.8) is 0 Å². The van der Waals surface area contributed by atoms with E-state index in [1.54, 1.807) is 207 Å². The largest absolute Gasteiger partial charge is 0.378 e. The van der Waals surface area contributed by atoms with Crippen molar-refractivity contribution in [2.75, 3.05) is 19.0 Å². The molecule has 0 amide bonds. The van der Waals surface area contributed by atoms with Crippen molar-refractivity contribution in [1.82, 2.24) is 49.8 Å². The molecule has 0 atom stereocenters. The molecule has 0 saturated carbocycles. The Kier molecular flexibility index (Phi) is 48.8. The Morgan fingerprint density at radius 2 is 0.427 bits per heavy atom. The Hall–Kier alpha value is -13.1. The Balaban J connectivity index is 0.000000253. The normalized spacial score (nSPS) is 10.6. The third-order valence-corrected chi connectivity index (χ3v) is 23.8. The van der Waals surface area contributed by atoms with E-state index in [4.69, 9.17) is 22.8 Å². The third kappa shape index (κ3) is 36.6. The van der Waals surface area contributed by atoms with E-state index < -0.39 is 109 Å². The summed E-state index contributed by atoms with van der Waals surface area (Å²) in [6.45, 7) is 3.76. The molecule has 10 aromatic heterocycles. The van der Waals surface area contributed by atoms with Gasteiger partial charge >= 0.3 is 0 Å². The van der Waals surface area contributed by atoms with Gasteiger partial charge in [0.05, 0.1) is 27.6 Å². The second-order valence-corrected chi connectivity index (χ2v) is 36.8. The molecule has 5 N–H and O–H groups in total. The van der Waals surface area contributed by atoms with Gasteiger partial charge in [0.1, 0.15) is 24.5 Å². The summed E-state index contributed by atoms with van der Waals surface area (Å²) in [4.78, 5) is 40.6. The molecule has 10 aromatic carbocycles. The predicted octanol–water partition coefficient (Wildman–Crippen LogP) is 22.2. The molecular formula is C104H74F10Ir5N11O15S5-5. The SMILES string of the molecule is CN(C)c1ccnc(-c2[c-]cc(F)cc2F)c1.Cc1ccnc(-c2[c-]cc(F)cc2F)c1.Cc1ccnc(-c2[c-]cc(F)cc2F)c1.Fc1c[c-]c(-c2ccccn2)c(F)c1.Fc1c[c-]c(-c2ccccn2)c(F)c1.O=S(=O)(O)c1cccc2cccnc12.O=S(=O)(O)c1cccc2cccnc12.O=S(=O)(O)c1cccc2cccnc12.O=S(=O)(O)c1cccc2cccnc12.O=S(=O)(O)c1cccc2cccnc12.[Ir].[Ir].[Ir].[Ir].[Ir]. The van der Waals surface area contributed by atoms with E-state index >= 15 is 0 Å². The fraction of sp³-hybridized carbons (Fsp3) is 0.0385. The number of hydrogen-bond donors (Lipinski definition) is 5. The van der Waals surface area contributed by atoms with Gasteiger partial charge < -0.3 is 29.8 Å². The Labute approximate surface area is 921 Å². The standard InChI is InChI=1S/C13H11F2N2.2C12H8F2N.2C11H6F2N.5C9H7NO3S.5Ir/c1-17(2)10-5-6-16-13(8-10)11-4-3-9(14)7-12(11)15;2*1-8-4-5-15-12(6-8)10-3-2-9(13)7-11(10)14;2*12-8-4-5-9(10(13)7-8)11-3-1-2-6-14-11;5*11-14(12,13)8-5-1-3-7-4-2-6-10-9(7)8;;;;;/h3,5-8H,1-2H3;2*2,4-7H,1H3;2*1-4,6-7H;5*1-6H,(H,11,12,13);;;;;/q5*-1;;;;;;;;;;. The fourth-order valence-corrected chi connectivity index (χ4v) is 16.2. The average Bonchev–Trinajstić information content (AvgIpc) is 0.805. The molecule has 0 saturated heterocycles. The van der Waals surface area contributed by atoms with Gasteiger partial charge in [0, 0.05) is 267 Å². The molecule has 0 unspecified atom stereocenters. The smallest absolute Gasteiger partial charge is 0.296 e. The Morgan fingerprint density at radius 1 is 0.227 bits per heavy atom. The van der Waals surface area contributed by atoms with Crippen LogP contribution in [-0.4, -0.2) is 129 Å². The van der Waals surface area contributed by atoms with Crippen molar-refractivity contribution in [3.8, 4) is 56.3 Å². The van der Waals surface area contributed by atoms with E-state index in [0.717, 1.165) is 77.5 Å². The summed E-state index contributed by atoms with van der Waals surface area (Å²) >= 11 is 0. The zero-order valence-corrected chi connectivity index (χ0v) is 93.2. The maximum Gasteiger partial charge on any atom is 0.296 e. The predicted molar refractivity (Wildman–Crippen MR) is 524 cm³/mol. The van der Waals surface area contributed by atoms with Crippen molar-refractivity contribution in [1.29, 1.82) is 0 Å². The molecule has 785 valence electrons. The second-order valence-electron chi connectivity index (χ2n) is 29.9. The summed E-state index contributed by atoms with van der Waals surface area (Å²) < 4.78 is 284. The number of nitrogens with zero attached hydrogens (tertiary/aromatic N) is 11. The molecule has 26 nitrogen and oxygen atoms in total. The molecule has 5 radical (unpaired) electrons. The maximum absolute atomic E-state index is 13.5. The van der Waals surface area contributed by atoms with E-state index in [1.807, 2.05) is 51.0 Å². The van der Waals surface area contributed by atoms with Gasteiger partial charge in [-0.3, -0.25) is 91.6 Å². The molecular weight excluding hydrogens is 2950 g/mol. The summed E-state index contributed by atoms with van der Waals surface area (Å²) in [5, 5.41) is 3.41. The minimum absolute atomic E-state index is 0. The van der Waals surface area contributed by atoms with Gasteiger partial charge in [-0.1, -0.05) is 203 Å². The monoisotopic (exact) mass is 3030 g/mol. The Morgan fingerprint density at radius 3 is 0.627 bits per heavy atom. The van der Waals surface area contributed by atoms with E-state index in [0.29, 0.717) is 55.4 Å². The molecule has 0 fully saturated rings. The fourth-order valence-electron chi connectivity index (χ4n) is 12.8. The molecule has 20 rings (SSSR count). The molecule has 46 heteroatoms. The molecule has 0 aliphatic carbocycles. The van der Waals surface area contributed by atoms with Gasteiger partial charge in [-0.25, -0.2) is 0 Å². The first kappa shape index (κ1) is 126. The van der Waals surface area contributed by atoms with Crippen molar-refractivity contribution < 1.29 is 209 Å². The zero-order chi connectivity index (χ0) is 105. The van der Waals surface area contributed by atoms with E-state index in [-0.39, 0.29) is 180 Å². The minimum Gasteiger partial charge on any atom is -0.378 e. The zero-order valence-electron chi connectivity index (χ0n) is 77.1. The summed E-state index contributed by atoms with van der Waals surface area (Å²) in [5.74, 6) is -6.44. The number of aromatic nitrogens is 10. The van der Waals surface area contributed by atoms with Crippen LogP contribution in [0.4, 0.5) is 49.6 Å². The summed E-state index contributed by atoms with van der Waals surface area (Å²) in [7, 11) is -17.2. The van der Waals surface area contributed by atoms with Crippen LogP contribution >= 0.6 is 0 Å². The molecule has 150 heavy (non-hydrogen) atoms. The van der Waals surface area contributed by atoms with Crippen LogP contribution in [0, 0.1) is 102 Å². The van der Waals surface area contributed by atoms with Crippen LogP contribution < -0.4 is 4.90 Å². The first-order valence-corrected chi connectivity index (χ1v) is 48.8. The van der Waals surface area contributed by atoms with Gasteiger partial charge in [0.2, 0.25) is 0 Å². The molecule has 20 aromatic rings. The van der Waals surface area contributed by atoms with Crippen molar-refractivity contribution in [2.45, 2.75) is 38.3 Å². The number of pyridine rings is 10. The number of para-hydroxylation sites is 5. The Bertz CT molecular complexity index is 7830. The molecule has 0 aliphatic rings. The average molecular weight is 3030 g/mol. The van der Waals surface area contributed by atoms with Gasteiger partial charge in [-0.15, -0.1) is 60.7 Å². The van der Waals surface area contributed by atoms with Crippen LogP contribution in [0.5, 0.6) is 0 Å². The number of rotatable bonds is 11. The van der Waals surface area contributed by atoms with Gasteiger partial charge in [0.15, 0.2) is 0 Å². The van der Waals surface area contributed by atoms with E-state index in [9.17, 15) is 86.0 Å². The van der Waals surface area contributed by atoms with Crippen molar-refractivity contribution >= 4 is 111 Å². The summed E-state index contributed by atoms with van der Waals surface area (Å²) in [6, 6.07) is 83.4. The van der Waals surface area contributed by atoms with Crippen LogP contribution in [0.1, 0.15) is 11.1 Å². The number of fused-ring (bicyclic) bond motifs is 5. The van der Waals surface area contributed by atoms with Crippen molar-refractivity contribution in [2.24, 2.45) is 0 Å². The number of aryl methyl sites for hydroxylation is 2. The first-order valence-electron chi connectivity index (χ1n) is 41.6. The first-order chi connectivity index (χ1) is 68.9. The topological polar surface area (TPSA) is 404 Å². The van der Waals surface area contributed by atoms with Gasteiger partial charge in [0.25, 0.3) is 50.6 Å². The van der Waals surface area contributed by atoms with E-state index in [2.05, 4.69) is 80.2 Å². The number of benzene rings is 10. The number of halogens is 10. The number of hydrogen-bond acceptors (Lipinski definition) is 21.